The third-order valence-corrected chi connectivity index (χ3v) is 3.33. The summed E-state index contributed by atoms with van der Waals surface area (Å²) >= 11 is 3.32. The normalized spacial score (nSPS) is 15.0. The van der Waals surface area contributed by atoms with Crippen LogP contribution in [0.4, 0.5) is 5.69 Å². The highest BCUT2D eigenvalue weighted by atomic mass is 79.9. The lowest BCUT2D eigenvalue weighted by Crippen LogP contribution is -2.28. The van der Waals surface area contributed by atoms with Crippen molar-refractivity contribution in [1.82, 2.24) is 0 Å². The van der Waals surface area contributed by atoms with Gasteiger partial charge in [-0.2, -0.15) is 5.26 Å². The molecule has 0 atom stereocenters. The highest BCUT2D eigenvalue weighted by Gasteiger charge is 2.25. The molecular formula is C12H11BrN2O. The van der Waals surface area contributed by atoms with E-state index in [4.69, 9.17) is 5.26 Å². The van der Waals surface area contributed by atoms with Gasteiger partial charge in [-0.05, 0) is 31.0 Å². The zero-order valence-electron chi connectivity index (χ0n) is 8.66. The topological polar surface area (TPSA) is 52.9 Å². The van der Waals surface area contributed by atoms with Crippen molar-refractivity contribution in [2.75, 3.05) is 5.32 Å². The molecule has 1 aliphatic rings. The SMILES string of the molecule is N#Cc1ccc(Br)cc1NC(=O)C1CCC1. The molecule has 1 N–H and O–H groups in total. The number of nitrogens with one attached hydrogen (secondary N) is 1. The number of carbonyl (C=O) groups is 1. The van der Waals surface area contributed by atoms with Gasteiger partial charge in [0.15, 0.2) is 0 Å². The Kier molecular flexibility index (Phi) is 3.25. The molecule has 1 aromatic rings. The summed E-state index contributed by atoms with van der Waals surface area (Å²) in [6.45, 7) is 0. The fraction of sp³-hybridized carbons (Fsp3) is 0.333. The lowest BCUT2D eigenvalue weighted by atomic mass is 9.85. The van der Waals surface area contributed by atoms with Crippen LogP contribution in [0.1, 0.15) is 24.8 Å². The van der Waals surface area contributed by atoms with Crippen LogP contribution in [0.2, 0.25) is 0 Å². The quantitative estimate of drug-likeness (QED) is 0.904. The van der Waals surface area contributed by atoms with Gasteiger partial charge in [0.2, 0.25) is 5.91 Å². The molecule has 0 bridgehead atoms. The first-order valence-electron chi connectivity index (χ1n) is 5.21. The molecule has 1 aromatic carbocycles. The number of hydrogen-bond acceptors (Lipinski definition) is 2. The van der Waals surface area contributed by atoms with Gasteiger partial charge >= 0.3 is 0 Å². The third kappa shape index (κ3) is 2.25. The van der Waals surface area contributed by atoms with E-state index in [0.29, 0.717) is 11.3 Å². The number of nitriles is 1. The highest BCUT2D eigenvalue weighted by Crippen LogP contribution is 2.28. The van der Waals surface area contributed by atoms with Crippen LogP contribution in [0.3, 0.4) is 0 Å². The monoisotopic (exact) mass is 278 g/mol. The maximum Gasteiger partial charge on any atom is 0.227 e. The van der Waals surface area contributed by atoms with Crippen LogP contribution >= 0.6 is 15.9 Å². The van der Waals surface area contributed by atoms with E-state index in [0.717, 1.165) is 23.7 Å². The van der Waals surface area contributed by atoms with E-state index in [1.54, 1.807) is 18.2 Å². The average molecular weight is 279 g/mol. The molecule has 16 heavy (non-hydrogen) atoms. The third-order valence-electron chi connectivity index (χ3n) is 2.84. The summed E-state index contributed by atoms with van der Waals surface area (Å²) < 4.78 is 0.857. The Morgan fingerprint density at radius 1 is 1.50 bits per heavy atom. The molecule has 1 amide bonds. The van der Waals surface area contributed by atoms with Gasteiger partial charge in [0.25, 0.3) is 0 Å². The molecule has 1 saturated carbocycles. The number of halogens is 1. The molecular weight excluding hydrogens is 268 g/mol. The molecule has 82 valence electrons. The molecule has 1 fully saturated rings. The number of anilines is 1. The van der Waals surface area contributed by atoms with Crippen LogP contribution in [0.5, 0.6) is 0 Å². The lowest BCUT2D eigenvalue weighted by molar-refractivity contribution is -0.122. The molecule has 0 spiro atoms. The Morgan fingerprint density at radius 2 is 2.25 bits per heavy atom. The predicted octanol–water partition coefficient (Wildman–Crippen LogP) is 3.06. The number of benzene rings is 1. The number of hydrogen-bond donors (Lipinski definition) is 1. The molecule has 3 nitrogen and oxygen atoms in total. The molecule has 2 rings (SSSR count). The fourth-order valence-corrected chi connectivity index (χ4v) is 1.98. The number of amides is 1. The summed E-state index contributed by atoms with van der Waals surface area (Å²) in [6, 6.07) is 7.31. The van der Waals surface area contributed by atoms with Gasteiger partial charge in [0.05, 0.1) is 11.3 Å². The zero-order chi connectivity index (χ0) is 11.5. The molecule has 0 heterocycles. The molecule has 0 aliphatic heterocycles. The van der Waals surface area contributed by atoms with Gasteiger partial charge < -0.3 is 5.32 Å². The van der Waals surface area contributed by atoms with Crippen molar-refractivity contribution in [3.63, 3.8) is 0 Å². The van der Waals surface area contributed by atoms with E-state index in [9.17, 15) is 4.79 Å². The van der Waals surface area contributed by atoms with Crippen molar-refractivity contribution < 1.29 is 4.79 Å². The molecule has 4 heteroatoms. The summed E-state index contributed by atoms with van der Waals surface area (Å²) in [7, 11) is 0. The minimum Gasteiger partial charge on any atom is -0.325 e. The Morgan fingerprint density at radius 3 is 2.81 bits per heavy atom. The molecule has 0 aromatic heterocycles. The van der Waals surface area contributed by atoms with E-state index < -0.39 is 0 Å². The first-order valence-corrected chi connectivity index (χ1v) is 6.00. The second kappa shape index (κ2) is 4.67. The van der Waals surface area contributed by atoms with Crippen LogP contribution in [0.15, 0.2) is 22.7 Å². The summed E-state index contributed by atoms with van der Waals surface area (Å²) in [5, 5.41) is 11.7. The van der Waals surface area contributed by atoms with Crippen molar-refractivity contribution in [2.45, 2.75) is 19.3 Å². The lowest BCUT2D eigenvalue weighted by Gasteiger charge is -2.24. The minimum absolute atomic E-state index is 0.0286. The first-order chi connectivity index (χ1) is 7.70. The van der Waals surface area contributed by atoms with Gasteiger partial charge in [0, 0.05) is 10.4 Å². The second-order valence-corrected chi connectivity index (χ2v) is 4.83. The Labute approximate surface area is 103 Å². The molecule has 0 unspecified atom stereocenters. The van der Waals surface area contributed by atoms with Crippen molar-refractivity contribution in [3.8, 4) is 6.07 Å². The number of nitrogens with zero attached hydrogens (tertiary/aromatic N) is 1. The van der Waals surface area contributed by atoms with E-state index in [2.05, 4.69) is 27.3 Å². The van der Waals surface area contributed by atoms with Crippen molar-refractivity contribution in [3.05, 3.63) is 28.2 Å². The summed E-state index contributed by atoms with van der Waals surface area (Å²) in [4.78, 5) is 11.7. The Bertz CT molecular complexity index is 461. The van der Waals surface area contributed by atoms with Crippen LogP contribution in [0, 0.1) is 17.2 Å². The van der Waals surface area contributed by atoms with Crippen LogP contribution in [-0.4, -0.2) is 5.91 Å². The Balaban J connectivity index is 2.16. The largest absolute Gasteiger partial charge is 0.325 e. The minimum atomic E-state index is 0.0286. The second-order valence-electron chi connectivity index (χ2n) is 3.92. The van der Waals surface area contributed by atoms with Crippen molar-refractivity contribution in [2.24, 2.45) is 5.92 Å². The zero-order valence-corrected chi connectivity index (χ0v) is 10.3. The van der Waals surface area contributed by atoms with Crippen molar-refractivity contribution in [1.29, 1.82) is 5.26 Å². The predicted molar refractivity (Wildman–Crippen MR) is 64.8 cm³/mol. The van der Waals surface area contributed by atoms with Gasteiger partial charge in [0.1, 0.15) is 6.07 Å². The smallest absolute Gasteiger partial charge is 0.227 e. The summed E-state index contributed by atoms with van der Waals surface area (Å²) in [5.41, 5.74) is 1.09. The van der Waals surface area contributed by atoms with Gasteiger partial charge in [-0.1, -0.05) is 22.4 Å². The molecule has 0 saturated heterocycles. The van der Waals surface area contributed by atoms with Crippen molar-refractivity contribution >= 4 is 27.5 Å². The van der Waals surface area contributed by atoms with Crippen LogP contribution < -0.4 is 5.32 Å². The summed E-state index contributed by atoms with van der Waals surface area (Å²) in [6.07, 6.45) is 3.05. The van der Waals surface area contributed by atoms with Crippen LogP contribution in [0.25, 0.3) is 0 Å². The van der Waals surface area contributed by atoms with Gasteiger partial charge in [-0.3, -0.25) is 4.79 Å². The van der Waals surface area contributed by atoms with Crippen LogP contribution in [-0.2, 0) is 4.79 Å². The first kappa shape index (κ1) is 11.2. The summed E-state index contributed by atoms with van der Waals surface area (Å²) in [5.74, 6) is 0.159. The molecule has 0 radical (unpaired) electrons. The van der Waals surface area contributed by atoms with Gasteiger partial charge in [-0.25, -0.2) is 0 Å². The Hall–Kier alpha value is -1.34. The van der Waals surface area contributed by atoms with E-state index >= 15 is 0 Å². The fourth-order valence-electron chi connectivity index (χ4n) is 1.62. The molecule has 1 aliphatic carbocycles. The highest BCUT2D eigenvalue weighted by molar-refractivity contribution is 9.10. The van der Waals surface area contributed by atoms with E-state index in [1.807, 2.05) is 0 Å². The maximum atomic E-state index is 11.7. The standard InChI is InChI=1S/C12H11BrN2O/c13-10-5-4-9(7-14)11(6-10)15-12(16)8-2-1-3-8/h4-6,8H,1-3H2,(H,15,16). The van der Waals surface area contributed by atoms with E-state index in [-0.39, 0.29) is 11.8 Å². The maximum absolute atomic E-state index is 11.7. The number of carbonyl (C=O) groups excluding carboxylic acids is 1. The average Bonchev–Trinajstić information content (AvgIpc) is 2.15. The number of rotatable bonds is 2. The van der Waals surface area contributed by atoms with E-state index in [1.165, 1.54) is 0 Å². The van der Waals surface area contributed by atoms with Gasteiger partial charge in [-0.15, -0.1) is 0 Å².